The lowest BCUT2D eigenvalue weighted by atomic mass is 10.1. The Kier molecular flexibility index (Phi) is 1.74. The largest absolute Gasteiger partial charge is 0.478 e. The third kappa shape index (κ3) is 1.26. The van der Waals surface area contributed by atoms with Gasteiger partial charge in [0.05, 0.1) is 5.56 Å². The van der Waals surface area contributed by atoms with Crippen LogP contribution >= 0.6 is 0 Å². The molecule has 0 saturated carbocycles. The van der Waals surface area contributed by atoms with Crippen LogP contribution in [-0.2, 0) is 0 Å². The van der Waals surface area contributed by atoms with E-state index in [4.69, 9.17) is 5.11 Å². The molecule has 0 saturated heterocycles. The number of rotatable bonds is 1. The highest BCUT2D eigenvalue weighted by Crippen LogP contribution is 2.17. The Balaban J connectivity index is 2.83. The summed E-state index contributed by atoms with van der Waals surface area (Å²) in [6, 6.07) is 13.4. The number of benzene rings is 2. The lowest BCUT2D eigenvalue weighted by Crippen LogP contribution is -1.96. The average Bonchev–Trinajstić information content (AvgIpc) is 2.17. The van der Waals surface area contributed by atoms with E-state index in [2.05, 4.69) is 6.07 Å². The predicted octanol–water partition coefficient (Wildman–Crippen LogP) is 2.34. The maximum atomic E-state index is 10.8. The summed E-state index contributed by atoms with van der Waals surface area (Å²) in [5.74, 6) is -0.892. The van der Waals surface area contributed by atoms with Crippen LogP contribution in [0, 0.1) is 6.07 Å². The van der Waals surface area contributed by atoms with Gasteiger partial charge in [0.2, 0.25) is 0 Å². The van der Waals surface area contributed by atoms with E-state index in [-0.39, 0.29) is 0 Å². The maximum Gasteiger partial charge on any atom is 0.336 e. The van der Waals surface area contributed by atoms with Crippen LogP contribution in [0.2, 0.25) is 0 Å². The molecule has 2 aromatic carbocycles. The van der Waals surface area contributed by atoms with Gasteiger partial charge in [0.1, 0.15) is 0 Å². The molecule has 2 nitrogen and oxygen atoms in total. The van der Waals surface area contributed by atoms with Gasteiger partial charge in [-0.25, -0.2) is 4.79 Å². The van der Waals surface area contributed by atoms with Crippen molar-refractivity contribution in [3.8, 4) is 0 Å². The maximum absolute atomic E-state index is 10.8. The lowest BCUT2D eigenvalue weighted by Gasteiger charge is -2.00. The van der Waals surface area contributed by atoms with Gasteiger partial charge < -0.3 is 5.11 Å². The van der Waals surface area contributed by atoms with Crippen LogP contribution in [0.15, 0.2) is 36.4 Å². The normalized spacial score (nSPS) is 10.2. The fourth-order valence-corrected chi connectivity index (χ4v) is 1.35. The molecule has 0 amide bonds. The number of carbonyl (C=O) groups is 1. The second-order valence-corrected chi connectivity index (χ2v) is 2.76. The first kappa shape index (κ1) is 7.80. The summed E-state index contributed by atoms with van der Waals surface area (Å²) in [5, 5.41) is 10.5. The molecule has 63 valence electrons. The van der Waals surface area contributed by atoms with Crippen molar-refractivity contribution in [3.63, 3.8) is 0 Å². The minimum Gasteiger partial charge on any atom is -0.478 e. The van der Waals surface area contributed by atoms with E-state index in [0.717, 1.165) is 10.8 Å². The van der Waals surface area contributed by atoms with Crippen molar-refractivity contribution in [1.82, 2.24) is 0 Å². The molecule has 1 radical (unpaired) electrons. The first-order chi connectivity index (χ1) is 6.29. The molecule has 13 heavy (non-hydrogen) atoms. The summed E-state index contributed by atoms with van der Waals surface area (Å²) < 4.78 is 0. The predicted molar refractivity (Wildman–Crippen MR) is 49.7 cm³/mol. The van der Waals surface area contributed by atoms with Gasteiger partial charge in [0, 0.05) is 0 Å². The van der Waals surface area contributed by atoms with Crippen molar-refractivity contribution < 1.29 is 9.90 Å². The number of fused-ring (bicyclic) bond motifs is 1. The Bertz CT molecular complexity index is 455. The second kappa shape index (κ2) is 2.90. The number of aromatic carboxylic acids is 1. The Morgan fingerprint density at radius 3 is 2.92 bits per heavy atom. The molecule has 0 fully saturated rings. The van der Waals surface area contributed by atoms with E-state index in [1.807, 2.05) is 6.07 Å². The summed E-state index contributed by atoms with van der Waals surface area (Å²) in [6.45, 7) is 0. The SMILES string of the molecule is O=C(O)c1cccc2c[c]ccc12. The van der Waals surface area contributed by atoms with Crippen molar-refractivity contribution in [2.45, 2.75) is 0 Å². The van der Waals surface area contributed by atoms with Gasteiger partial charge in [-0.1, -0.05) is 24.3 Å². The van der Waals surface area contributed by atoms with Crippen molar-refractivity contribution in [3.05, 3.63) is 48.0 Å². The Morgan fingerprint density at radius 1 is 1.31 bits per heavy atom. The Morgan fingerprint density at radius 2 is 2.15 bits per heavy atom. The fraction of sp³-hybridized carbons (Fsp3) is 0. The third-order valence-electron chi connectivity index (χ3n) is 1.96. The molecule has 0 unspecified atom stereocenters. The monoisotopic (exact) mass is 171 g/mol. The molecule has 2 aromatic rings. The van der Waals surface area contributed by atoms with E-state index < -0.39 is 5.97 Å². The molecule has 0 bridgehead atoms. The van der Waals surface area contributed by atoms with Gasteiger partial charge in [-0.15, -0.1) is 0 Å². The summed E-state index contributed by atoms with van der Waals surface area (Å²) in [4.78, 5) is 10.8. The topological polar surface area (TPSA) is 37.3 Å². The summed E-state index contributed by atoms with van der Waals surface area (Å²) in [7, 11) is 0. The van der Waals surface area contributed by atoms with Crippen LogP contribution in [0.4, 0.5) is 0 Å². The quantitative estimate of drug-likeness (QED) is 0.715. The zero-order chi connectivity index (χ0) is 9.26. The van der Waals surface area contributed by atoms with Crippen LogP contribution in [0.1, 0.15) is 10.4 Å². The van der Waals surface area contributed by atoms with Crippen molar-refractivity contribution in [1.29, 1.82) is 0 Å². The van der Waals surface area contributed by atoms with Gasteiger partial charge in [-0.2, -0.15) is 0 Å². The van der Waals surface area contributed by atoms with Gasteiger partial charge in [-0.3, -0.25) is 0 Å². The molecule has 1 N–H and O–H groups in total. The minimum atomic E-state index is -0.892. The summed E-state index contributed by atoms with van der Waals surface area (Å²) >= 11 is 0. The number of hydrogen-bond acceptors (Lipinski definition) is 1. The Labute approximate surface area is 75.4 Å². The van der Waals surface area contributed by atoms with Crippen molar-refractivity contribution >= 4 is 16.7 Å². The molecule has 0 spiro atoms. The zero-order valence-corrected chi connectivity index (χ0v) is 6.82. The molecule has 0 aliphatic rings. The molecular formula is C11H7O2. The molecule has 0 aromatic heterocycles. The number of hydrogen-bond donors (Lipinski definition) is 1. The molecule has 2 heteroatoms. The zero-order valence-electron chi connectivity index (χ0n) is 6.82. The van der Waals surface area contributed by atoms with E-state index in [9.17, 15) is 4.79 Å². The van der Waals surface area contributed by atoms with Crippen molar-refractivity contribution in [2.24, 2.45) is 0 Å². The minimum absolute atomic E-state index is 0.339. The molecule has 0 atom stereocenters. The highest BCUT2D eigenvalue weighted by atomic mass is 16.4. The van der Waals surface area contributed by atoms with Crippen molar-refractivity contribution in [2.75, 3.05) is 0 Å². The standard InChI is InChI=1S/C11H7O2/c12-11(13)10-7-3-5-8-4-1-2-6-9(8)10/h2-7H,(H,12,13). The first-order valence-electron chi connectivity index (χ1n) is 3.91. The Hall–Kier alpha value is -1.83. The molecule has 0 aliphatic carbocycles. The van der Waals surface area contributed by atoms with Gasteiger partial charge >= 0.3 is 5.97 Å². The van der Waals surface area contributed by atoms with Crippen LogP contribution in [-0.4, -0.2) is 11.1 Å². The van der Waals surface area contributed by atoms with Gasteiger partial charge in [0.25, 0.3) is 0 Å². The molecule has 0 aliphatic heterocycles. The second-order valence-electron chi connectivity index (χ2n) is 2.76. The van der Waals surface area contributed by atoms with Gasteiger partial charge in [-0.05, 0) is 29.0 Å². The van der Waals surface area contributed by atoms with Crippen LogP contribution in [0.25, 0.3) is 10.8 Å². The van der Waals surface area contributed by atoms with E-state index in [1.165, 1.54) is 0 Å². The van der Waals surface area contributed by atoms with Gasteiger partial charge in [0.15, 0.2) is 0 Å². The van der Waals surface area contributed by atoms with Crippen LogP contribution < -0.4 is 0 Å². The van der Waals surface area contributed by atoms with Crippen LogP contribution in [0.3, 0.4) is 0 Å². The van der Waals surface area contributed by atoms with Crippen LogP contribution in [0.5, 0.6) is 0 Å². The van der Waals surface area contributed by atoms with E-state index >= 15 is 0 Å². The first-order valence-corrected chi connectivity index (χ1v) is 3.91. The summed E-state index contributed by atoms with van der Waals surface area (Å²) in [6.07, 6.45) is 0. The smallest absolute Gasteiger partial charge is 0.336 e. The molecule has 0 heterocycles. The highest BCUT2D eigenvalue weighted by Gasteiger charge is 2.05. The summed E-state index contributed by atoms with van der Waals surface area (Å²) in [5.41, 5.74) is 0.339. The molecule has 2 rings (SSSR count). The van der Waals surface area contributed by atoms with E-state index in [1.54, 1.807) is 30.3 Å². The molecular weight excluding hydrogens is 164 g/mol. The number of carboxylic acid groups (broad SMARTS) is 1. The van der Waals surface area contributed by atoms with E-state index in [0.29, 0.717) is 5.56 Å². The highest BCUT2D eigenvalue weighted by molar-refractivity contribution is 6.03. The fourth-order valence-electron chi connectivity index (χ4n) is 1.35. The third-order valence-corrected chi connectivity index (χ3v) is 1.96. The average molecular weight is 171 g/mol. The number of carboxylic acids is 1. The lowest BCUT2D eigenvalue weighted by molar-refractivity contribution is 0.0699.